The lowest BCUT2D eigenvalue weighted by Crippen LogP contribution is -2.41. The molecule has 0 unspecified atom stereocenters. The van der Waals surface area contributed by atoms with Gasteiger partial charge in [-0.15, -0.1) is 11.3 Å². The van der Waals surface area contributed by atoms with E-state index < -0.39 is 0 Å². The molecule has 1 aromatic heterocycles. The lowest BCUT2D eigenvalue weighted by molar-refractivity contribution is 0.147. The van der Waals surface area contributed by atoms with Crippen LogP contribution in [0.2, 0.25) is 0 Å². The first-order chi connectivity index (χ1) is 10.8. The Morgan fingerprint density at radius 1 is 1.52 bits per heavy atom. The highest BCUT2D eigenvalue weighted by Gasteiger charge is 2.29. The molecule has 0 radical (unpaired) electrons. The maximum atomic E-state index is 12.4. The summed E-state index contributed by atoms with van der Waals surface area (Å²) in [5.74, 6) is 0. The fourth-order valence-corrected chi connectivity index (χ4v) is 4.15. The molecule has 1 aromatic rings. The van der Waals surface area contributed by atoms with Gasteiger partial charge in [0.05, 0.1) is 21.6 Å². The van der Waals surface area contributed by atoms with Gasteiger partial charge in [0, 0.05) is 20.2 Å². The van der Waals surface area contributed by atoms with Crippen LogP contribution in [0.15, 0.2) is 0 Å². The number of thiazole rings is 1. The zero-order chi connectivity index (χ0) is 17.0. The van der Waals surface area contributed by atoms with Crippen LogP contribution in [0, 0.1) is 12.3 Å². The Kier molecular flexibility index (Phi) is 6.03. The molecule has 2 amide bonds. The van der Waals surface area contributed by atoms with Gasteiger partial charge >= 0.3 is 6.03 Å². The first kappa shape index (κ1) is 18.2. The van der Waals surface area contributed by atoms with Crippen LogP contribution in [0.3, 0.4) is 0 Å². The van der Waals surface area contributed by atoms with Gasteiger partial charge in [-0.2, -0.15) is 0 Å². The predicted molar refractivity (Wildman–Crippen MR) is 93.8 cm³/mol. The summed E-state index contributed by atoms with van der Waals surface area (Å²) in [6.07, 6.45) is 4.90. The summed E-state index contributed by atoms with van der Waals surface area (Å²) >= 11 is 1.72. The summed E-state index contributed by atoms with van der Waals surface area (Å²) < 4.78 is 0. The summed E-state index contributed by atoms with van der Waals surface area (Å²) in [5.41, 5.74) is 1.10. The van der Waals surface area contributed by atoms with Crippen molar-refractivity contribution in [2.24, 2.45) is 5.41 Å². The van der Waals surface area contributed by atoms with Crippen LogP contribution in [0.4, 0.5) is 4.79 Å². The first-order valence-electron chi connectivity index (χ1n) is 8.42. The van der Waals surface area contributed by atoms with Gasteiger partial charge < -0.3 is 15.3 Å². The van der Waals surface area contributed by atoms with Crippen LogP contribution in [-0.2, 0) is 6.42 Å². The summed E-state index contributed by atoms with van der Waals surface area (Å²) in [5, 5.41) is 13.3. The maximum absolute atomic E-state index is 12.4. The molecule has 1 atom stereocenters. The molecule has 1 heterocycles. The quantitative estimate of drug-likeness (QED) is 0.782. The van der Waals surface area contributed by atoms with Crippen LogP contribution in [-0.4, -0.2) is 41.2 Å². The van der Waals surface area contributed by atoms with Gasteiger partial charge in [-0.05, 0) is 44.4 Å². The Morgan fingerprint density at radius 3 is 2.96 bits per heavy atom. The fourth-order valence-electron chi connectivity index (χ4n) is 3.00. The topological polar surface area (TPSA) is 65.5 Å². The first-order valence-corrected chi connectivity index (χ1v) is 9.23. The SMILES string of the molecule is Cc1nc2c(s1)[C@@H](N(C)C(=O)NCCCC(C)(C)CO)CCC2. The van der Waals surface area contributed by atoms with Crippen LogP contribution in [0.25, 0.3) is 0 Å². The number of aryl methyl sites for hydroxylation is 2. The molecule has 2 N–H and O–H groups in total. The van der Waals surface area contributed by atoms with E-state index >= 15 is 0 Å². The number of rotatable bonds is 6. The predicted octanol–water partition coefficient (Wildman–Crippen LogP) is 3.27. The highest BCUT2D eigenvalue weighted by Crippen LogP contribution is 2.37. The fraction of sp³-hybridized carbons (Fsp3) is 0.765. The third kappa shape index (κ3) is 4.67. The smallest absolute Gasteiger partial charge is 0.317 e. The number of carbonyl (C=O) groups excluding carboxylic acids is 1. The van der Waals surface area contributed by atoms with Crippen molar-refractivity contribution in [1.29, 1.82) is 0 Å². The molecular formula is C17H29N3O2S. The third-order valence-electron chi connectivity index (χ3n) is 4.55. The molecule has 5 nitrogen and oxygen atoms in total. The standard InChI is InChI=1S/C17H29N3O2S/c1-12-19-13-7-5-8-14(15(13)23-12)20(4)16(22)18-10-6-9-17(2,3)11-21/h14,21H,5-11H2,1-4H3,(H,18,22)/t14-/m0/s1. The molecule has 0 fully saturated rings. The van der Waals surface area contributed by atoms with Crippen LogP contribution in [0.1, 0.15) is 61.2 Å². The number of fused-ring (bicyclic) bond motifs is 1. The van der Waals surface area contributed by atoms with Gasteiger partial charge in [-0.25, -0.2) is 9.78 Å². The van der Waals surface area contributed by atoms with Gasteiger partial charge in [0.25, 0.3) is 0 Å². The van der Waals surface area contributed by atoms with E-state index in [0.29, 0.717) is 6.54 Å². The maximum Gasteiger partial charge on any atom is 0.317 e. The molecule has 1 aliphatic rings. The number of aromatic nitrogens is 1. The highest BCUT2D eigenvalue weighted by molar-refractivity contribution is 7.11. The minimum absolute atomic E-state index is 0.0179. The van der Waals surface area contributed by atoms with E-state index in [1.54, 1.807) is 11.3 Å². The van der Waals surface area contributed by atoms with E-state index in [9.17, 15) is 9.90 Å². The van der Waals surface area contributed by atoms with Crippen molar-refractivity contribution in [2.45, 2.75) is 58.9 Å². The number of hydrogen-bond acceptors (Lipinski definition) is 4. The summed E-state index contributed by atoms with van der Waals surface area (Å²) in [4.78, 5) is 20.1. The Morgan fingerprint density at radius 2 is 2.26 bits per heavy atom. The molecule has 23 heavy (non-hydrogen) atoms. The Balaban J connectivity index is 1.86. The lowest BCUT2D eigenvalue weighted by atomic mass is 9.89. The lowest BCUT2D eigenvalue weighted by Gasteiger charge is -2.31. The van der Waals surface area contributed by atoms with E-state index in [0.717, 1.165) is 37.1 Å². The second-order valence-electron chi connectivity index (χ2n) is 7.22. The largest absolute Gasteiger partial charge is 0.396 e. The molecule has 0 bridgehead atoms. The van der Waals surface area contributed by atoms with Crippen LogP contribution < -0.4 is 5.32 Å². The van der Waals surface area contributed by atoms with Gasteiger partial charge in [-0.1, -0.05) is 13.8 Å². The number of nitrogens with one attached hydrogen (secondary N) is 1. The van der Waals surface area contributed by atoms with E-state index in [2.05, 4.69) is 10.3 Å². The number of nitrogens with zero attached hydrogens (tertiary/aromatic N) is 2. The molecule has 1 aliphatic carbocycles. The number of amides is 2. The summed E-state index contributed by atoms with van der Waals surface area (Å²) in [6, 6.07) is 0.134. The van der Waals surface area contributed by atoms with Gasteiger partial charge in [0.2, 0.25) is 0 Å². The molecule has 0 saturated heterocycles. The number of aliphatic hydroxyl groups is 1. The molecule has 0 saturated carbocycles. The number of carbonyl (C=O) groups is 1. The van der Waals surface area contributed by atoms with Crippen molar-refractivity contribution in [3.63, 3.8) is 0 Å². The van der Waals surface area contributed by atoms with Crippen LogP contribution in [0.5, 0.6) is 0 Å². The van der Waals surface area contributed by atoms with Crippen molar-refractivity contribution in [3.05, 3.63) is 15.6 Å². The van der Waals surface area contributed by atoms with Crippen LogP contribution >= 0.6 is 11.3 Å². The molecule has 0 aromatic carbocycles. The minimum atomic E-state index is -0.0743. The van der Waals surface area contributed by atoms with Gasteiger partial charge in [-0.3, -0.25) is 0 Å². The van der Waals surface area contributed by atoms with Gasteiger partial charge in [0.1, 0.15) is 0 Å². The van der Waals surface area contributed by atoms with Crippen molar-refractivity contribution in [1.82, 2.24) is 15.2 Å². The van der Waals surface area contributed by atoms with Crippen molar-refractivity contribution in [2.75, 3.05) is 20.2 Å². The van der Waals surface area contributed by atoms with Crippen molar-refractivity contribution < 1.29 is 9.90 Å². The Hall–Kier alpha value is -1.14. The number of aliphatic hydroxyl groups excluding tert-OH is 1. The second-order valence-corrected chi connectivity index (χ2v) is 8.46. The molecule has 2 rings (SSSR count). The Labute approximate surface area is 143 Å². The monoisotopic (exact) mass is 339 g/mol. The molecule has 0 spiro atoms. The van der Waals surface area contributed by atoms with E-state index in [1.807, 2.05) is 32.7 Å². The number of hydrogen-bond donors (Lipinski definition) is 2. The molecule has 6 heteroatoms. The minimum Gasteiger partial charge on any atom is -0.396 e. The molecule has 0 aliphatic heterocycles. The average molecular weight is 340 g/mol. The Bertz CT molecular complexity index is 542. The molecular weight excluding hydrogens is 310 g/mol. The van der Waals surface area contributed by atoms with Gasteiger partial charge in [0.15, 0.2) is 0 Å². The van der Waals surface area contributed by atoms with Crippen molar-refractivity contribution >= 4 is 17.4 Å². The summed E-state index contributed by atoms with van der Waals surface area (Å²) in [6.45, 7) is 6.93. The normalized spacial score (nSPS) is 17.7. The zero-order valence-electron chi connectivity index (χ0n) is 14.7. The zero-order valence-corrected chi connectivity index (χ0v) is 15.5. The summed E-state index contributed by atoms with van der Waals surface area (Å²) in [7, 11) is 1.88. The number of urea groups is 1. The second kappa shape index (κ2) is 7.62. The molecule has 130 valence electrons. The van der Waals surface area contributed by atoms with E-state index in [4.69, 9.17) is 0 Å². The van der Waals surface area contributed by atoms with Crippen molar-refractivity contribution in [3.8, 4) is 0 Å². The van der Waals surface area contributed by atoms with E-state index in [1.165, 1.54) is 10.6 Å². The average Bonchev–Trinajstić information content (AvgIpc) is 2.90. The highest BCUT2D eigenvalue weighted by atomic mass is 32.1. The van der Waals surface area contributed by atoms with E-state index in [-0.39, 0.29) is 24.1 Å². The third-order valence-corrected chi connectivity index (χ3v) is 5.67.